The van der Waals surface area contributed by atoms with E-state index in [0.717, 1.165) is 36.1 Å². The average Bonchev–Trinajstić information content (AvgIpc) is 3.24. The number of thiophene rings is 1. The minimum Gasteiger partial charge on any atom is -0.493 e. The summed E-state index contributed by atoms with van der Waals surface area (Å²) in [5.41, 5.74) is 2.50. The lowest BCUT2D eigenvalue weighted by Gasteiger charge is -2.27. The molecule has 0 bridgehead atoms. The van der Waals surface area contributed by atoms with Crippen LogP contribution in [0.4, 0.5) is 0 Å². The minimum absolute atomic E-state index is 0.160. The van der Waals surface area contributed by atoms with E-state index >= 15 is 0 Å². The highest BCUT2D eigenvalue weighted by Gasteiger charge is 2.17. The number of nitrogens with zero attached hydrogens (tertiary/aromatic N) is 2. The van der Waals surface area contributed by atoms with E-state index in [1.807, 2.05) is 12.1 Å². The molecule has 0 radical (unpaired) electrons. The molecule has 7 heteroatoms. The van der Waals surface area contributed by atoms with E-state index in [2.05, 4.69) is 64.4 Å². The molecule has 0 saturated heterocycles. The van der Waals surface area contributed by atoms with Gasteiger partial charge >= 0.3 is 0 Å². The fourth-order valence-corrected chi connectivity index (χ4v) is 3.78. The van der Waals surface area contributed by atoms with Crippen molar-refractivity contribution in [3.05, 3.63) is 46.2 Å². The number of guanidine groups is 1. The second kappa shape index (κ2) is 10.9. The molecule has 6 nitrogen and oxygen atoms in total. The van der Waals surface area contributed by atoms with Gasteiger partial charge in [0.1, 0.15) is 0 Å². The zero-order chi connectivity index (χ0) is 20.5. The zero-order valence-electron chi connectivity index (χ0n) is 17.7. The Balaban J connectivity index is 1.99. The molecule has 0 aliphatic heterocycles. The Bertz CT molecular complexity index is 747. The highest BCUT2D eigenvalue weighted by atomic mass is 32.1. The van der Waals surface area contributed by atoms with Gasteiger partial charge in [0.25, 0.3) is 0 Å². The van der Waals surface area contributed by atoms with Crippen LogP contribution in [0.5, 0.6) is 11.5 Å². The summed E-state index contributed by atoms with van der Waals surface area (Å²) in [5, 5.41) is 11.2. The molecule has 1 heterocycles. The van der Waals surface area contributed by atoms with E-state index in [4.69, 9.17) is 9.47 Å². The monoisotopic (exact) mass is 404 g/mol. The Morgan fingerprint density at radius 1 is 1.07 bits per heavy atom. The molecular weight excluding hydrogens is 372 g/mol. The summed E-state index contributed by atoms with van der Waals surface area (Å²) in [7, 11) is 9.24. The highest BCUT2D eigenvalue weighted by molar-refractivity contribution is 7.07. The summed E-state index contributed by atoms with van der Waals surface area (Å²) in [6, 6.07) is 8.38. The number of rotatable bonds is 9. The van der Waals surface area contributed by atoms with Crippen LogP contribution < -0.4 is 20.1 Å². The maximum atomic E-state index is 5.45. The molecule has 1 aromatic heterocycles. The van der Waals surface area contributed by atoms with Crippen molar-refractivity contribution in [1.82, 2.24) is 15.5 Å². The van der Waals surface area contributed by atoms with Gasteiger partial charge in [-0.05, 0) is 60.1 Å². The second-order valence-corrected chi connectivity index (χ2v) is 7.67. The van der Waals surface area contributed by atoms with E-state index in [9.17, 15) is 0 Å². The van der Waals surface area contributed by atoms with Crippen LogP contribution in [0.1, 0.15) is 30.0 Å². The summed E-state index contributed by atoms with van der Waals surface area (Å²) in [6.45, 7) is 3.77. The lowest BCUT2D eigenvalue weighted by molar-refractivity contribution is 0.295. The van der Waals surface area contributed by atoms with Crippen LogP contribution >= 0.6 is 11.3 Å². The number of aliphatic imine (C=N–C) groups is 1. The molecule has 0 aliphatic rings. The molecule has 0 spiro atoms. The molecule has 1 aromatic carbocycles. The van der Waals surface area contributed by atoms with Crippen molar-refractivity contribution in [3.8, 4) is 11.5 Å². The smallest absolute Gasteiger partial charge is 0.191 e. The summed E-state index contributed by atoms with van der Waals surface area (Å²) in [6.07, 6.45) is 0. The van der Waals surface area contributed by atoms with Gasteiger partial charge in [-0.1, -0.05) is 13.0 Å². The number of hydrogen-bond donors (Lipinski definition) is 2. The first-order valence-corrected chi connectivity index (χ1v) is 10.3. The predicted molar refractivity (Wildman–Crippen MR) is 118 cm³/mol. The molecular formula is C21H32N4O2S. The number of methoxy groups -OCH3 is 2. The van der Waals surface area contributed by atoms with Gasteiger partial charge in [-0.3, -0.25) is 4.99 Å². The Morgan fingerprint density at radius 3 is 2.36 bits per heavy atom. The average molecular weight is 405 g/mol. The Hall–Kier alpha value is -2.25. The van der Waals surface area contributed by atoms with Gasteiger partial charge < -0.3 is 25.0 Å². The molecule has 2 unspecified atom stereocenters. The van der Waals surface area contributed by atoms with E-state index in [1.165, 1.54) is 5.56 Å². The Kier molecular flexibility index (Phi) is 8.60. The number of ether oxygens (including phenoxy) is 2. The topological polar surface area (TPSA) is 58.1 Å². The third-order valence-corrected chi connectivity index (χ3v) is 5.49. The van der Waals surface area contributed by atoms with Crippen molar-refractivity contribution in [2.45, 2.75) is 18.9 Å². The van der Waals surface area contributed by atoms with E-state index < -0.39 is 0 Å². The van der Waals surface area contributed by atoms with Crippen molar-refractivity contribution in [2.24, 2.45) is 4.99 Å². The van der Waals surface area contributed by atoms with Crippen molar-refractivity contribution in [2.75, 3.05) is 48.5 Å². The van der Waals surface area contributed by atoms with Crippen molar-refractivity contribution >= 4 is 17.3 Å². The third kappa shape index (κ3) is 5.87. The third-order valence-electron chi connectivity index (χ3n) is 4.79. The zero-order valence-corrected chi connectivity index (χ0v) is 18.5. The highest BCUT2D eigenvalue weighted by Crippen LogP contribution is 2.31. The van der Waals surface area contributed by atoms with Crippen molar-refractivity contribution in [3.63, 3.8) is 0 Å². The molecule has 2 N–H and O–H groups in total. The van der Waals surface area contributed by atoms with Gasteiger partial charge in [-0.25, -0.2) is 0 Å². The lowest BCUT2D eigenvalue weighted by atomic mass is 10.0. The Morgan fingerprint density at radius 2 is 1.79 bits per heavy atom. The van der Waals surface area contributed by atoms with Crippen LogP contribution in [-0.4, -0.2) is 59.3 Å². The first-order valence-electron chi connectivity index (χ1n) is 9.35. The molecule has 28 heavy (non-hydrogen) atoms. The van der Waals surface area contributed by atoms with E-state index in [-0.39, 0.29) is 6.04 Å². The summed E-state index contributed by atoms with van der Waals surface area (Å²) in [5.74, 6) is 2.70. The van der Waals surface area contributed by atoms with Crippen LogP contribution in [-0.2, 0) is 0 Å². The van der Waals surface area contributed by atoms with Crippen molar-refractivity contribution in [1.29, 1.82) is 0 Å². The molecule has 0 amide bonds. The molecule has 0 saturated carbocycles. The molecule has 2 aromatic rings. The number of likely N-dealkylation sites (N-methyl/N-ethyl adjacent to an activating group) is 1. The largest absolute Gasteiger partial charge is 0.493 e. The molecule has 0 aliphatic carbocycles. The quantitative estimate of drug-likeness (QED) is 0.496. The van der Waals surface area contributed by atoms with E-state index in [1.54, 1.807) is 32.6 Å². The van der Waals surface area contributed by atoms with Crippen molar-refractivity contribution < 1.29 is 9.47 Å². The molecule has 154 valence electrons. The van der Waals surface area contributed by atoms with Crippen LogP contribution in [0.2, 0.25) is 0 Å². The molecule has 0 fully saturated rings. The van der Waals surface area contributed by atoms with Crippen LogP contribution in [0, 0.1) is 0 Å². The van der Waals surface area contributed by atoms with E-state index in [0.29, 0.717) is 5.92 Å². The van der Waals surface area contributed by atoms with Crippen LogP contribution in [0.15, 0.2) is 40.0 Å². The summed E-state index contributed by atoms with van der Waals surface area (Å²) >= 11 is 1.73. The van der Waals surface area contributed by atoms with Gasteiger partial charge in [0.15, 0.2) is 17.5 Å². The predicted octanol–water partition coefficient (Wildman–Crippen LogP) is 3.34. The van der Waals surface area contributed by atoms with Gasteiger partial charge in [-0.15, -0.1) is 0 Å². The number of hydrogen-bond acceptors (Lipinski definition) is 5. The maximum absolute atomic E-state index is 5.45. The van der Waals surface area contributed by atoms with Crippen LogP contribution in [0.25, 0.3) is 0 Å². The summed E-state index contributed by atoms with van der Waals surface area (Å²) < 4.78 is 10.8. The van der Waals surface area contributed by atoms with Gasteiger partial charge in [0, 0.05) is 20.1 Å². The SMILES string of the molecule is CN=C(NCC(C)c1ccsc1)NCC(c1ccc(OC)c(OC)c1)N(C)C. The molecule has 2 atom stereocenters. The van der Waals surface area contributed by atoms with Gasteiger partial charge in [0.2, 0.25) is 0 Å². The number of nitrogens with one attached hydrogen (secondary N) is 2. The van der Waals surface area contributed by atoms with Crippen LogP contribution in [0.3, 0.4) is 0 Å². The standard InChI is InChI=1S/C21H32N4O2S/c1-15(17-9-10-28-14-17)12-23-21(22-2)24-13-18(25(3)4)16-7-8-19(26-5)20(11-16)27-6/h7-11,14-15,18H,12-13H2,1-6H3,(H2,22,23,24). The number of benzene rings is 1. The van der Waals surface area contributed by atoms with Gasteiger partial charge in [0.05, 0.1) is 20.3 Å². The fraction of sp³-hybridized carbons (Fsp3) is 0.476. The fourth-order valence-electron chi connectivity index (χ4n) is 3.00. The first-order chi connectivity index (χ1) is 13.5. The maximum Gasteiger partial charge on any atom is 0.191 e. The minimum atomic E-state index is 0.160. The second-order valence-electron chi connectivity index (χ2n) is 6.89. The lowest BCUT2D eigenvalue weighted by Crippen LogP contribution is -2.42. The van der Waals surface area contributed by atoms with Gasteiger partial charge in [-0.2, -0.15) is 11.3 Å². The first kappa shape index (κ1) is 22.0. The molecule has 2 rings (SSSR count). The summed E-state index contributed by atoms with van der Waals surface area (Å²) in [4.78, 5) is 6.54. The Labute approximate surface area is 172 Å². The normalized spacial score (nSPS) is 13.9.